The summed E-state index contributed by atoms with van der Waals surface area (Å²) >= 11 is 0. The van der Waals surface area contributed by atoms with Gasteiger partial charge in [-0.25, -0.2) is 4.52 Å². The molecule has 0 saturated carbocycles. The van der Waals surface area contributed by atoms with E-state index in [1.807, 2.05) is 82.1 Å². The molecule has 2 aromatic heterocycles. The van der Waals surface area contributed by atoms with Crippen molar-refractivity contribution in [2.24, 2.45) is 5.92 Å². The number of benzene rings is 1. The number of rotatable bonds is 7. The van der Waals surface area contributed by atoms with Crippen molar-refractivity contribution >= 4 is 24.0 Å². The van der Waals surface area contributed by atoms with E-state index in [1.54, 1.807) is 17.8 Å². The molecule has 5 rings (SSSR count). The maximum Gasteiger partial charge on any atom is 0.496 e. The fourth-order valence-electron chi connectivity index (χ4n) is 4.74. The van der Waals surface area contributed by atoms with Crippen molar-refractivity contribution in [2.75, 3.05) is 13.7 Å². The Kier molecular flexibility index (Phi) is 6.25. The van der Waals surface area contributed by atoms with Gasteiger partial charge in [-0.3, -0.25) is 4.79 Å². The highest BCUT2D eigenvalue weighted by Gasteiger charge is 2.52. The van der Waals surface area contributed by atoms with Crippen LogP contribution in [0.3, 0.4) is 0 Å². The number of pyridine rings is 1. The molecule has 36 heavy (non-hydrogen) atoms. The first-order valence-corrected chi connectivity index (χ1v) is 12.5. The topological polar surface area (TPSA) is 74.5 Å². The molecular formula is C27H34BN3O5. The minimum absolute atomic E-state index is 0.0826. The maximum absolute atomic E-state index is 12.8. The highest BCUT2D eigenvalue weighted by molar-refractivity contribution is 6.62. The molecule has 2 unspecified atom stereocenters. The first-order valence-electron chi connectivity index (χ1n) is 12.5. The largest absolute Gasteiger partial charge is 0.497 e. The van der Waals surface area contributed by atoms with Gasteiger partial charge in [0.25, 0.3) is 0 Å². The lowest BCUT2D eigenvalue weighted by Crippen LogP contribution is -2.41. The summed E-state index contributed by atoms with van der Waals surface area (Å²) in [6.45, 7) is 11.4. The molecule has 2 aliphatic rings. The van der Waals surface area contributed by atoms with Crippen molar-refractivity contribution in [1.29, 1.82) is 0 Å². The van der Waals surface area contributed by atoms with Crippen LogP contribution in [-0.4, -0.2) is 58.5 Å². The number of nitrogens with zero attached hydrogens (tertiary/aromatic N) is 3. The first kappa shape index (κ1) is 24.7. The zero-order valence-corrected chi connectivity index (χ0v) is 21.9. The normalized spacial score (nSPS) is 21.8. The lowest BCUT2D eigenvalue weighted by atomic mass is 9.80. The number of carbonyl (C=O) groups is 1. The standard InChI is InChI=1S/C27H34BN3O5/c1-18(20-13-25(32)30(16-20)15-19-7-9-22(33-6)10-8-19)34-24-14-21(17-31-23(24)11-12-29-31)28-35-26(2,3)27(4,5)36-28/h7-12,14,17-18,20H,13,15-16H2,1-6H3. The van der Waals surface area contributed by atoms with Crippen molar-refractivity contribution in [1.82, 2.24) is 14.5 Å². The smallest absolute Gasteiger partial charge is 0.496 e. The van der Waals surface area contributed by atoms with E-state index in [4.69, 9.17) is 18.8 Å². The number of ether oxygens (including phenoxy) is 2. The van der Waals surface area contributed by atoms with Crippen LogP contribution in [0.2, 0.25) is 0 Å². The van der Waals surface area contributed by atoms with Crippen LogP contribution in [0.15, 0.2) is 48.8 Å². The molecule has 4 heterocycles. The van der Waals surface area contributed by atoms with E-state index in [0.717, 1.165) is 22.3 Å². The molecule has 190 valence electrons. The van der Waals surface area contributed by atoms with Crippen molar-refractivity contribution in [2.45, 2.75) is 64.9 Å². The number of fused-ring (bicyclic) bond motifs is 1. The van der Waals surface area contributed by atoms with E-state index in [9.17, 15) is 4.79 Å². The minimum Gasteiger partial charge on any atom is -0.497 e. The molecule has 3 aromatic rings. The Labute approximate surface area is 212 Å². The van der Waals surface area contributed by atoms with E-state index in [2.05, 4.69) is 5.10 Å². The van der Waals surface area contributed by atoms with Gasteiger partial charge in [-0.1, -0.05) is 12.1 Å². The Hall–Kier alpha value is -3.04. The Morgan fingerprint density at radius 2 is 1.83 bits per heavy atom. The number of carbonyl (C=O) groups excluding carboxylic acids is 1. The van der Waals surface area contributed by atoms with Crippen molar-refractivity contribution in [3.05, 3.63) is 54.4 Å². The number of hydrogen-bond donors (Lipinski definition) is 0. The minimum atomic E-state index is -0.519. The SMILES string of the molecule is COc1ccc(CN2CC(C(C)Oc3cc(B4OC(C)(C)C(C)(C)O4)cn4nccc34)CC2=O)cc1. The van der Waals surface area contributed by atoms with Gasteiger partial charge in [0.1, 0.15) is 23.1 Å². The van der Waals surface area contributed by atoms with E-state index in [-0.39, 0.29) is 17.9 Å². The van der Waals surface area contributed by atoms with E-state index in [0.29, 0.717) is 25.3 Å². The second-order valence-corrected chi connectivity index (χ2v) is 10.8. The molecule has 0 spiro atoms. The summed E-state index contributed by atoms with van der Waals surface area (Å²) in [5.41, 5.74) is 1.90. The van der Waals surface area contributed by atoms with Crippen LogP contribution in [-0.2, 0) is 20.6 Å². The number of aromatic nitrogens is 2. The third-order valence-corrected chi connectivity index (χ3v) is 7.77. The quantitative estimate of drug-likeness (QED) is 0.472. The molecule has 0 radical (unpaired) electrons. The number of hydrogen-bond acceptors (Lipinski definition) is 6. The molecule has 0 aliphatic carbocycles. The van der Waals surface area contributed by atoms with Crippen LogP contribution < -0.4 is 14.9 Å². The van der Waals surface area contributed by atoms with Gasteiger partial charge < -0.3 is 23.7 Å². The van der Waals surface area contributed by atoms with Gasteiger partial charge in [0.2, 0.25) is 5.91 Å². The molecule has 1 amide bonds. The van der Waals surface area contributed by atoms with E-state index in [1.165, 1.54) is 0 Å². The molecular weight excluding hydrogens is 457 g/mol. The third kappa shape index (κ3) is 4.57. The predicted molar refractivity (Wildman–Crippen MR) is 138 cm³/mol. The second-order valence-electron chi connectivity index (χ2n) is 10.8. The molecule has 0 N–H and O–H groups in total. The van der Waals surface area contributed by atoms with Gasteiger partial charge in [0, 0.05) is 37.1 Å². The van der Waals surface area contributed by atoms with Gasteiger partial charge in [-0.15, -0.1) is 0 Å². The summed E-state index contributed by atoms with van der Waals surface area (Å²) in [5.74, 6) is 1.74. The number of amides is 1. The van der Waals surface area contributed by atoms with Gasteiger partial charge >= 0.3 is 7.12 Å². The van der Waals surface area contributed by atoms with E-state index >= 15 is 0 Å². The Morgan fingerprint density at radius 3 is 2.50 bits per heavy atom. The average molecular weight is 491 g/mol. The van der Waals surface area contributed by atoms with Crippen molar-refractivity contribution in [3.63, 3.8) is 0 Å². The van der Waals surface area contributed by atoms with Crippen LogP contribution in [0.1, 0.15) is 46.6 Å². The van der Waals surface area contributed by atoms with E-state index < -0.39 is 18.3 Å². The van der Waals surface area contributed by atoms with Crippen LogP contribution in [0, 0.1) is 5.92 Å². The monoisotopic (exact) mass is 491 g/mol. The molecule has 2 saturated heterocycles. The summed E-state index contributed by atoms with van der Waals surface area (Å²) in [4.78, 5) is 14.7. The summed E-state index contributed by atoms with van der Waals surface area (Å²) < 4.78 is 26.0. The van der Waals surface area contributed by atoms with Gasteiger partial charge in [-0.05, 0) is 64.4 Å². The van der Waals surface area contributed by atoms with Gasteiger partial charge in [0.05, 0.1) is 24.5 Å². The molecule has 0 bridgehead atoms. The summed E-state index contributed by atoms with van der Waals surface area (Å²) in [5, 5.41) is 4.43. The zero-order chi connectivity index (χ0) is 25.7. The molecule has 1 aromatic carbocycles. The summed E-state index contributed by atoms with van der Waals surface area (Å²) in [6, 6.07) is 11.7. The average Bonchev–Trinajstić information content (AvgIpc) is 3.50. The fraction of sp³-hybridized carbons (Fsp3) is 0.481. The number of likely N-dealkylation sites (tertiary alicyclic amines) is 1. The van der Waals surface area contributed by atoms with Crippen LogP contribution in [0.25, 0.3) is 5.52 Å². The molecule has 9 heteroatoms. The molecule has 2 fully saturated rings. The summed E-state index contributed by atoms with van der Waals surface area (Å²) in [6.07, 6.45) is 3.97. The van der Waals surface area contributed by atoms with Gasteiger partial charge in [0.15, 0.2) is 0 Å². The Balaban J connectivity index is 1.31. The Bertz CT molecular complexity index is 1240. The van der Waals surface area contributed by atoms with Gasteiger partial charge in [-0.2, -0.15) is 5.10 Å². The Morgan fingerprint density at radius 1 is 1.14 bits per heavy atom. The second kappa shape index (κ2) is 9.12. The number of methoxy groups -OCH3 is 1. The third-order valence-electron chi connectivity index (χ3n) is 7.77. The van der Waals surface area contributed by atoms with Crippen LogP contribution in [0.4, 0.5) is 0 Å². The van der Waals surface area contributed by atoms with Crippen molar-refractivity contribution < 1.29 is 23.6 Å². The van der Waals surface area contributed by atoms with Crippen molar-refractivity contribution in [3.8, 4) is 11.5 Å². The highest BCUT2D eigenvalue weighted by Crippen LogP contribution is 2.37. The predicted octanol–water partition coefficient (Wildman–Crippen LogP) is 3.46. The summed E-state index contributed by atoms with van der Waals surface area (Å²) in [7, 11) is 1.13. The highest BCUT2D eigenvalue weighted by atomic mass is 16.7. The lowest BCUT2D eigenvalue weighted by Gasteiger charge is -2.32. The molecule has 2 atom stereocenters. The fourth-order valence-corrected chi connectivity index (χ4v) is 4.74. The maximum atomic E-state index is 12.8. The first-order chi connectivity index (χ1) is 17.1. The molecule has 2 aliphatic heterocycles. The zero-order valence-electron chi connectivity index (χ0n) is 21.9. The van der Waals surface area contributed by atoms with Crippen LogP contribution >= 0.6 is 0 Å². The molecule has 8 nitrogen and oxygen atoms in total. The van der Waals surface area contributed by atoms with Crippen LogP contribution in [0.5, 0.6) is 11.5 Å². The lowest BCUT2D eigenvalue weighted by molar-refractivity contribution is -0.128.